The zero-order chi connectivity index (χ0) is 22.3. The molecule has 0 saturated carbocycles. The molecule has 2 aromatic carbocycles. The van der Waals surface area contributed by atoms with Crippen molar-refractivity contribution >= 4 is 23.7 Å². The molecule has 1 saturated heterocycles. The smallest absolute Gasteiger partial charge is 0.329 e. The summed E-state index contributed by atoms with van der Waals surface area (Å²) in [6.45, 7) is 9.54. The molecule has 0 aliphatic carbocycles. The van der Waals surface area contributed by atoms with Crippen molar-refractivity contribution in [2.24, 2.45) is 0 Å². The van der Waals surface area contributed by atoms with E-state index in [0.717, 1.165) is 34.7 Å². The monoisotopic (exact) mass is 421 g/mol. The summed E-state index contributed by atoms with van der Waals surface area (Å²) in [5.74, 6) is -0.595. The maximum atomic E-state index is 15.1. The van der Waals surface area contributed by atoms with E-state index >= 15 is 4.39 Å². The summed E-state index contributed by atoms with van der Waals surface area (Å²) in [5, 5.41) is 2.60. The van der Waals surface area contributed by atoms with Crippen molar-refractivity contribution in [2.75, 3.05) is 11.4 Å². The van der Waals surface area contributed by atoms with Crippen LogP contribution in [0.1, 0.15) is 56.7 Å². The Kier molecular flexibility index (Phi) is 5.33. The number of hydrogen-bond acceptors (Lipinski definition) is 3. The molecule has 2 aliphatic heterocycles. The lowest BCUT2D eigenvalue weighted by molar-refractivity contribution is -0.123. The highest BCUT2D eigenvalue weighted by molar-refractivity contribution is 6.13. The molecule has 0 spiro atoms. The molecule has 3 amide bonds. The SMILES string of the molecule is CCN1c2cc(F)c(/C=C3/NC(=O)N(Cc4ccccc4)C3=O)cc2C(C)CC1(C)C. The number of amides is 3. The van der Waals surface area contributed by atoms with Gasteiger partial charge in [-0.2, -0.15) is 0 Å². The van der Waals surface area contributed by atoms with Gasteiger partial charge in [0.2, 0.25) is 0 Å². The van der Waals surface area contributed by atoms with E-state index in [1.807, 2.05) is 36.4 Å². The molecule has 2 aliphatic rings. The molecule has 31 heavy (non-hydrogen) atoms. The van der Waals surface area contributed by atoms with Crippen molar-refractivity contribution in [1.82, 2.24) is 10.2 Å². The minimum absolute atomic E-state index is 0.0546. The first-order chi connectivity index (χ1) is 14.7. The Morgan fingerprint density at radius 2 is 1.90 bits per heavy atom. The number of carbonyl (C=O) groups excluding carboxylic acids is 2. The normalized spacial score (nSPS) is 21.5. The van der Waals surface area contributed by atoms with Gasteiger partial charge in [-0.15, -0.1) is 0 Å². The lowest BCUT2D eigenvalue weighted by Crippen LogP contribution is -2.48. The zero-order valence-electron chi connectivity index (χ0n) is 18.4. The van der Waals surface area contributed by atoms with Gasteiger partial charge >= 0.3 is 6.03 Å². The lowest BCUT2D eigenvalue weighted by atomic mass is 9.79. The summed E-state index contributed by atoms with van der Waals surface area (Å²) in [6, 6.07) is 12.2. The Morgan fingerprint density at radius 1 is 1.19 bits per heavy atom. The zero-order valence-corrected chi connectivity index (χ0v) is 18.4. The van der Waals surface area contributed by atoms with Crippen LogP contribution in [0.2, 0.25) is 0 Å². The summed E-state index contributed by atoms with van der Waals surface area (Å²) in [7, 11) is 0. The minimum atomic E-state index is -0.495. The Balaban J connectivity index is 1.66. The van der Waals surface area contributed by atoms with E-state index in [1.54, 1.807) is 6.07 Å². The first-order valence-electron chi connectivity index (χ1n) is 10.7. The number of hydrogen-bond donors (Lipinski definition) is 1. The number of nitrogens with one attached hydrogen (secondary N) is 1. The Hall–Kier alpha value is -3.15. The van der Waals surface area contributed by atoms with Gasteiger partial charge in [0.25, 0.3) is 5.91 Å². The van der Waals surface area contributed by atoms with Crippen LogP contribution in [0.25, 0.3) is 6.08 Å². The second-order valence-corrected chi connectivity index (χ2v) is 8.96. The molecule has 0 bridgehead atoms. The van der Waals surface area contributed by atoms with Gasteiger partial charge in [-0.05, 0) is 62.4 Å². The van der Waals surface area contributed by atoms with Gasteiger partial charge in [0.05, 0.1) is 6.54 Å². The molecule has 0 radical (unpaired) electrons. The Bertz CT molecular complexity index is 1060. The molecule has 1 N–H and O–H groups in total. The van der Waals surface area contributed by atoms with Crippen LogP contribution in [0, 0.1) is 5.82 Å². The largest absolute Gasteiger partial charge is 0.366 e. The summed E-state index contributed by atoms with van der Waals surface area (Å²) < 4.78 is 15.1. The van der Waals surface area contributed by atoms with Crippen LogP contribution in [0.15, 0.2) is 48.2 Å². The van der Waals surface area contributed by atoms with E-state index in [4.69, 9.17) is 0 Å². The van der Waals surface area contributed by atoms with Crippen molar-refractivity contribution in [1.29, 1.82) is 0 Å². The average Bonchev–Trinajstić information content (AvgIpc) is 2.97. The Morgan fingerprint density at radius 3 is 2.58 bits per heavy atom. The van der Waals surface area contributed by atoms with Gasteiger partial charge in [0.15, 0.2) is 0 Å². The number of carbonyl (C=O) groups is 2. The number of fused-ring (bicyclic) bond motifs is 1. The molecular formula is C25H28FN3O2. The van der Waals surface area contributed by atoms with E-state index < -0.39 is 17.8 Å². The molecule has 162 valence electrons. The molecule has 2 heterocycles. The highest BCUT2D eigenvalue weighted by Crippen LogP contribution is 2.44. The molecule has 1 unspecified atom stereocenters. The third kappa shape index (κ3) is 3.82. The number of rotatable bonds is 4. The van der Waals surface area contributed by atoms with Crippen LogP contribution in [-0.2, 0) is 11.3 Å². The van der Waals surface area contributed by atoms with E-state index in [1.165, 1.54) is 6.08 Å². The van der Waals surface area contributed by atoms with E-state index in [2.05, 4.69) is 37.9 Å². The third-order valence-electron chi connectivity index (χ3n) is 6.27. The standard InChI is InChI=1S/C25H28FN3O2/c1-5-29-22-13-20(26)18(11-19(22)16(2)14-25(29,3)4)12-21-23(30)28(24(31)27-21)15-17-9-7-6-8-10-17/h6-13,16H,5,14-15H2,1-4H3,(H,27,31)/b21-12+. The molecule has 0 aromatic heterocycles. The highest BCUT2D eigenvalue weighted by Gasteiger charge is 2.37. The van der Waals surface area contributed by atoms with Crippen LogP contribution in [0.3, 0.4) is 0 Å². The number of urea groups is 1. The minimum Gasteiger partial charge on any atom is -0.366 e. The predicted molar refractivity (Wildman–Crippen MR) is 120 cm³/mol. The highest BCUT2D eigenvalue weighted by atomic mass is 19.1. The second-order valence-electron chi connectivity index (χ2n) is 8.96. The first kappa shape index (κ1) is 21.1. The Labute approximate surface area is 182 Å². The summed E-state index contributed by atoms with van der Waals surface area (Å²) in [5.41, 5.74) is 3.16. The van der Waals surface area contributed by atoms with Gasteiger partial charge in [-0.3, -0.25) is 9.69 Å². The van der Waals surface area contributed by atoms with Crippen molar-refractivity contribution in [3.05, 3.63) is 70.7 Å². The molecule has 2 aromatic rings. The first-order valence-corrected chi connectivity index (χ1v) is 10.7. The van der Waals surface area contributed by atoms with E-state index in [0.29, 0.717) is 5.56 Å². The molecular weight excluding hydrogens is 393 g/mol. The fourth-order valence-corrected chi connectivity index (χ4v) is 4.87. The van der Waals surface area contributed by atoms with Gasteiger partial charge < -0.3 is 10.2 Å². The van der Waals surface area contributed by atoms with Crippen molar-refractivity contribution in [3.8, 4) is 0 Å². The molecule has 1 atom stereocenters. The third-order valence-corrected chi connectivity index (χ3v) is 6.27. The van der Waals surface area contributed by atoms with Crippen LogP contribution in [-0.4, -0.2) is 28.9 Å². The van der Waals surface area contributed by atoms with E-state index in [9.17, 15) is 9.59 Å². The summed E-state index contributed by atoms with van der Waals surface area (Å²) in [4.78, 5) is 28.6. The topological polar surface area (TPSA) is 52.7 Å². The van der Waals surface area contributed by atoms with Crippen molar-refractivity contribution in [2.45, 2.75) is 52.1 Å². The predicted octanol–water partition coefficient (Wildman–Crippen LogP) is 5.03. The van der Waals surface area contributed by atoms with Gasteiger partial charge in [-0.1, -0.05) is 37.3 Å². The van der Waals surface area contributed by atoms with Gasteiger partial charge in [0, 0.05) is 23.3 Å². The summed E-state index contributed by atoms with van der Waals surface area (Å²) >= 11 is 0. The molecule has 1 fully saturated rings. The van der Waals surface area contributed by atoms with Crippen LogP contribution in [0.4, 0.5) is 14.9 Å². The van der Waals surface area contributed by atoms with Crippen molar-refractivity contribution < 1.29 is 14.0 Å². The number of imide groups is 1. The lowest BCUT2D eigenvalue weighted by Gasteiger charge is -2.47. The number of anilines is 1. The fourth-order valence-electron chi connectivity index (χ4n) is 4.87. The van der Waals surface area contributed by atoms with Crippen LogP contribution in [0.5, 0.6) is 0 Å². The molecule has 5 nitrogen and oxygen atoms in total. The van der Waals surface area contributed by atoms with Crippen LogP contribution < -0.4 is 10.2 Å². The second kappa shape index (κ2) is 7.84. The van der Waals surface area contributed by atoms with Gasteiger partial charge in [-0.25, -0.2) is 9.18 Å². The number of halogens is 1. The maximum absolute atomic E-state index is 15.1. The maximum Gasteiger partial charge on any atom is 0.329 e. The fraction of sp³-hybridized carbons (Fsp3) is 0.360. The molecule has 6 heteroatoms. The average molecular weight is 422 g/mol. The quantitative estimate of drug-likeness (QED) is 0.556. The number of nitrogens with zero attached hydrogens (tertiary/aromatic N) is 2. The number of benzene rings is 2. The molecule has 4 rings (SSSR count). The van der Waals surface area contributed by atoms with Gasteiger partial charge in [0.1, 0.15) is 11.5 Å². The van der Waals surface area contributed by atoms with E-state index in [-0.39, 0.29) is 23.7 Å². The van der Waals surface area contributed by atoms with Crippen molar-refractivity contribution in [3.63, 3.8) is 0 Å². The van der Waals surface area contributed by atoms with Crippen LogP contribution >= 0.6 is 0 Å². The summed E-state index contributed by atoms with van der Waals surface area (Å²) in [6.07, 6.45) is 2.40.